The first-order valence-corrected chi connectivity index (χ1v) is 13.8. The van der Waals surface area contributed by atoms with Crippen molar-refractivity contribution in [2.75, 3.05) is 0 Å². The van der Waals surface area contributed by atoms with Gasteiger partial charge in [0.15, 0.2) is 0 Å². The summed E-state index contributed by atoms with van der Waals surface area (Å²) in [6.45, 7) is 15.7. The van der Waals surface area contributed by atoms with Crippen molar-refractivity contribution in [3.05, 3.63) is 180 Å². The van der Waals surface area contributed by atoms with E-state index >= 15 is 0 Å². The van der Waals surface area contributed by atoms with Crippen molar-refractivity contribution < 1.29 is 0 Å². The molecular weight excluding hydrogens is 468 g/mol. The lowest BCUT2D eigenvalue weighted by atomic mass is 9.65. The number of benzene rings is 3. The van der Waals surface area contributed by atoms with Gasteiger partial charge in [-0.1, -0.05) is 141 Å². The monoisotopic (exact) mass is 502 g/mol. The maximum absolute atomic E-state index is 4.56. The van der Waals surface area contributed by atoms with Crippen molar-refractivity contribution in [1.29, 1.82) is 0 Å². The van der Waals surface area contributed by atoms with Gasteiger partial charge >= 0.3 is 0 Å². The van der Waals surface area contributed by atoms with Gasteiger partial charge in [-0.3, -0.25) is 0 Å². The average Bonchev–Trinajstić information content (AvgIpc) is 3.33. The minimum Gasteiger partial charge on any atom is -0.0912 e. The van der Waals surface area contributed by atoms with E-state index in [1.807, 2.05) is 0 Å². The Bertz CT molecular complexity index is 1680. The normalized spacial score (nSPS) is 25.5. The molecule has 3 aromatic carbocycles. The fourth-order valence-corrected chi connectivity index (χ4v) is 6.40. The zero-order valence-corrected chi connectivity index (χ0v) is 22.7. The van der Waals surface area contributed by atoms with E-state index in [0.29, 0.717) is 0 Å². The van der Waals surface area contributed by atoms with Crippen molar-refractivity contribution in [1.82, 2.24) is 0 Å². The highest BCUT2D eigenvalue weighted by Gasteiger charge is 2.37. The molecule has 3 aliphatic rings. The van der Waals surface area contributed by atoms with Crippen LogP contribution in [-0.4, -0.2) is 0 Å². The highest BCUT2D eigenvalue weighted by molar-refractivity contribution is 5.93. The molecule has 0 fully saturated rings. The first-order chi connectivity index (χ1) is 19.0. The molecule has 0 heteroatoms. The van der Waals surface area contributed by atoms with Crippen molar-refractivity contribution in [2.45, 2.75) is 31.6 Å². The summed E-state index contributed by atoms with van der Waals surface area (Å²) in [6.07, 6.45) is 20.4. The van der Waals surface area contributed by atoms with Gasteiger partial charge in [0.25, 0.3) is 0 Å². The fourth-order valence-electron chi connectivity index (χ4n) is 6.40. The highest BCUT2D eigenvalue weighted by atomic mass is 14.4. The molecule has 0 amide bonds. The van der Waals surface area contributed by atoms with E-state index in [-0.39, 0.29) is 5.41 Å². The van der Waals surface area contributed by atoms with Gasteiger partial charge in [-0.2, -0.15) is 0 Å². The van der Waals surface area contributed by atoms with Crippen LogP contribution >= 0.6 is 0 Å². The molecule has 3 aromatic rings. The molecule has 0 radical (unpaired) electrons. The summed E-state index contributed by atoms with van der Waals surface area (Å²) in [4.78, 5) is 0. The molecule has 0 N–H and O–H groups in total. The molecule has 39 heavy (non-hydrogen) atoms. The maximum atomic E-state index is 4.56. The quantitative estimate of drug-likeness (QED) is 0.287. The Morgan fingerprint density at radius 2 is 1.36 bits per heavy atom. The summed E-state index contributed by atoms with van der Waals surface area (Å²) < 4.78 is 0. The van der Waals surface area contributed by atoms with Crippen LogP contribution < -0.4 is 0 Å². The van der Waals surface area contributed by atoms with Crippen LogP contribution in [0.5, 0.6) is 0 Å². The first-order valence-electron chi connectivity index (χ1n) is 13.8. The predicted octanol–water partition coefficient (Wildman–Crippen LogP) is 10.2. The molecule has 0 nitrogen and oxygen atoms in total. The fraction of sp³-hybridized carbons (Fsp3) is 0.128. The minimum absolute atomic E-state index is 0.321. The smallest absolute Gasteiger partial charge is 0.0284 e. The Hall–Kier alpha value is -4.42. The molecule has 1 atom stereocenters. The molecular formula is C39H34. The molecule has 0 saturated heterocycles. The van der Waals surface area contributed by atoms with Gasteiger partial charge in [0.2, 0.25) is 0 Å². The van der Waals surface area contributed by atoms with Crippen molar-refractivity contribution >= 4 is 22.3 Å². The summed E-state index contributed by atoms with van der Waals surface area (Å²) >= 11 is 0. The number of aryl methyl sites for hydroxylation is 1. The topological polar surface area (TPSA) is 0 Å². The Morgan fingerprint density at radius 1 is 0.641 bits per heavy atom. The zero-order chi connectivity index (χ0) is 27.0. The van der Waals surface area contributed by atoms with Gasteiger partial charge in [0.05, 0.1) is 0 Å². The summed E-state index contributed by atoms with van der Waals surface area (Å²) in [5.74, 6) is 0. The largest absolute Gasteiger partial charge is 0.0912 e. The summed E-state index contributed by atoms with van der Waals surface area (Å²) in [7, 11) is 0. The molecule has 2 bridgehead atoms. The third kappa shape index (κ3) is 4.37. The highest BCUT2D eigenvalue weighted by Crippen LogP contribution is 2.49. The molecule has 3 aliphatic carbocycles. The zero-order valence-electron chi connectivity index (χ0n) is 22.7. The molecule has 0 saturated carbocycles. The Morgan fingerprint density at radius 3 is 2.18 bits per heavy atom. The lowest BCUT2D eigenvalue weighted by molar-refractivity contribution is 0.526. The standard InChI is InChI=1S/C39H34/c1-27-20-21-33-29(3)13-6-5-11-23-39(38(33)25-27)24-22-32-26-31(35-17-7-8-18-36(32)35)15-12-14-28(2)30(4)34-16-9-10-19-37(34)39/h5-22,25H,2-4,23-24,26H2,1H3/b11-5-,13-6-,14-12-,31-15+,32-22+. The first kappa shape index (κ1) is 24.9. The molecule has 190 valence electrons. The Labute approximate surface area is 233 Å². The molecule has 1 unspecified atom stereocenters. The van der Waals surface area contributed by atoms with Crippen LogP contribution in [0.4, 0.5) is 0 Å². The second-order valence-electron chi connectivity index (χ2n) is 10.9. The van der Waals surface area contributed by atoms with Gasteiger partial charge in [-0.25, -0.2) is 0 Å². The lowest BCUT2D eigenvalue weighted by Crippen LogP contribution is -2.30. The van der Waals surface area contributed by atoms with Gasteiger partial charge < -0.3 is 0 Å². The van der Waals surface area contributed by atoms with E-state index < -0.39 is 0 Å². The van der Waals surface area contributed by atoms with E-state index in [1.165, 1.54) is 44.5 Å². The number of fused-ring (bicyclic) bond motifs is 9. The number of hydrogen-bond acceptors (Lipinski definition) is 0. The van der Waals surface area contributed by atoms with E-state index in [0.717, 1.165) is 41.5 Å². The average molecular weight is 503 g/mol. The van der Waals surface area contributed by atoms with Crippen LogP contribution in [0.2, 0.25) is 0 Å². The van der Waals surface area contributed by atoms with Crippen LogP contribution in [0.15, 0.2) is 141 Å². The lowest BCUT2D eigenvalue weighted by Gasteiger charge is -2.38. The van der Waals surface area contributed by atoms with Gasteiger partial charge in [0.1, 0.15) is 0 Å². The number of rotatable bonds is 0. The van der Waals surface area contributed by atoms with E-state index in [4.69, 9.17) is 0 Å². The Balaban J connectivity index is 1.70. The molecule has 0 heterocycles. The molecule has 0 aromatic heterocycles. The predicted molar refractivity (Wildman–Crippen MR) is 169 cm³/mol. The minimum atomic E-state index is -0.321. The van der Waals surface area contributed by atoms with E-state index in [2.05, 4.69) is 142 Å². The maximum Gasteiger partial charge on any atom is 0.0284 e. The third-order valence-corrected chi connectivity index (χ3v) is 8.49. The summed E-state index contributed by atoms with van der Waals surface area (Å²) in [6, 6.07) is 24.5. The van der Waals surface area contributed by atoms with Crippen molar-refractivity contribution in [3.8, 4) is 0 Å². The van der Waals surface area contributed by atoms with Crippen molar-refractivity contribution in [2.24, 2.45) is 0 Å². The summed E-state index contributed by atoms with van der Waals surface area (Å²) in [5, 5.41) is 0. The van der Waals surface area contributed by atoms with Crippen LogP contribution in [0, 0.1) is 6.92 Å². The van der Waals surface area contributed by atoms with E-state index in [9.17, 15) is 0 Å². The number of allylic oxidation sites excluding steroid dienone is 13. The molecule has 0 aliphatic heterocycles. The van der Waals surface area contributed by atoms with Crippen molar-refractivity contribution in [3.63, 3.8) is 0 Å². The van der Waals surface area contributed by atoms with E-state index in [1.54, 1.807) is 0 Å². The van der Waals surface area contributed by atoms with Crippen LogP contribution in [0.25, 0.3) is 22.3 Å². The third-order valence-electron chi connectivity index (χ3n) is 8.49. The van der Waals surface area contributed by atoms with Crippen LogP contribution in [0.1, 0.15) is 58.2 Å². The van der Waals surface area contributed by atoms with Crippen LogP contribution in [0.3, 0.4) is 0 Å². The molecule has 1 spiro atoms. The Kier molecular flexibility index (Phi) is 6.41. The van der Waals surface area contributed by atoms with Gasteiger partial charge in [-0.05, 0) is 87.4 Å². The SMILES string of the molecule is C=C1/C=C\C=C2/C/C(=C\CC3(C/C=C\C=C/C(=C)c4ccc(C)cc43)c3ccccc3C1=C)c1ccccc12. The summed E-state index contributed by atoms with van der Waals surface area (Å²) in [5.41, 5.74) is 14.2. The second kappa shape index (κ2) is 10.0. The molecule has 6 rings (SSSR count). The second-order valence-corrected chi connectivity index (χ2v) is 10.9. The van der Waals surface area contributed by atoms with Gasteiger partial charge in [-0.15, -0.1) is 0 Å². The number of hydrogen-bond donors (Lipinski definition) is 0. The van der Waals surface area contributed by atoms with Gasteiger partial charge in [0, 0.05) is 5.41 Å². The van der Waals surface area contributed by atoms with Crippen LogP contribution in [-0.2, 0) is 5.41 Å².